The van der Waals surface area contributed by atoms with Crippen LogP contribution in [0.1, 0.15) is 50.5 Å². The Bertz CT molecular complexity index is 1080. The third kappa shape index (κ3) is 5.23. The number of hydrogen-bond donors (Lipinski definition) is 1. The Morgan fingerprint density at radius 1 is 1.12 bits per heavy atom. The van der Waals surface area contributed by atoms with Crippen molar-refractivity contribution in [2.45, 2.75) is 55.3 Å². The van der Waals surface area contributed by atoms with E-state index in [-0.39, 0.29) is 46.2 Å². The average molecular weight is 494 g/mol. The number of benzene rings is 1. The van der Waals surface area contributed by atoms with Crippen molar-refractivity contribution in [1.29, 1.82) is 0 Å². The van der Waals surface area contributed by atoms with Gasteiger partial charge < -0.3 is 5.32 Å². The number of carbonyl (C=O) groups is 1. The fourth-order valence-electron chi connectivity index (χ4n) is 5.06. The molecular formula is C24H29ClFN3O3S. The fourth-order valence-corrected chi connectivity index (χ4v) is 6.96. The fraction of sp³-hybridized carbons (Fsp3) is 0.500. The van der Waals surface area contributed by atoms with Gasteiger partial charge in [0.25, 0.3) is 0 Å². The molecular weight excluding hydrogens is 465 g/mol. The molecule has 0 bridgehead atoms. The van der Waals surface area contributed by atoms with Crippen LogP contribution in [0.4, 0.5) is 4.39 Å². The van der Waals surface area contributed by atoms with Crippen LogP contribution >= 0.6 is 11.6 Å². The molecule has 1 saturated heterocycles. The van der Waals surface area contributed by atoms with Crippen LogP contribution in [0.5, 0.6) is 0 Å². The van der Waals surface area contributed by atoms with E-state index in [0.717, 1.165) is 31.2 Å². The normalized spacial score (nSPS) is 19.8. The molecule has 2 aromatic rings. The lowest BCUT2D eigenvalue weighted by Gasteiger charge is -2.39. The highest BCUT2D eigenvalue weighted by atomic mass is 35.5. The molecule has 4 rings (SSSR count). The summed E-state index contributed by atoms with van der Waals surface area (Å²) in [5.41, 5.74) is 0.890. The average Bonchev–Trinajstić information content (AvgIpc) is 2.84. The lowest BCUT2D eigenvalue weighted by atomic mass is 9.69. The molecule has 1 N–H and O–H groups in total. The Labute approximate surface area is 199 Å². The minimum Gasteiger partial charge on any atom is -0.355 e. The van der Waals surface area contributed by atoms with E-state index >= 15 is 0 Å². The second kappa shape index (κ2) is 10.1. The van der Waals surface area contributed by atoms with Crippen molar-refractivity contribution in [2.24, 2.45) is 5.92 Å². The summed E-state index contributed by atoms with van der Waals surface area (Å²) in [5.74, 6) is -0.545. The minimum absolute atomic E-state index is 0.00638. The van der Waals surface area contributed by atoms with Gasteiger partial charge in [-0.25, -0.2) is 17.8 Å². The molecule has 178 valence electrons. The Morgan fingerprint density at radius 2 is 1.79 bits per heavy atom. The maximum absolute atomic E-state index is 13.5. The van der Waals surface area contributed by atoms with E-state index in [4.69, 9.17) is 11.6 Å². The summed E-state index contributed by atoms with van der Waals surface area (Å²) in [7, 11) is -3.74. The predicted octanol–water partition coefficient (Wildman–Crippen LogP) is 4.29. The number of carbonyl (C=O) groups excluding carboxylic acids is 1. The molecule has 0 unspecified atom stereocenters. The zero-order chi connectivity index (χ0) is 23.5. The van der Waals surface area contributed by atoms with Crippen molar-refractivity contribution in [3.8, 4) is 0 Å². The first-order valence-electron chi connectivity index (χ1n) is 11.5. The van der Waals surface area contributed by atoms with Crippen molar-refractivity contribution < 1.29 is 17.6 Å². The minimum atomic E-state index is -3.74. The SMILES string of the molecule is O=C(NCC1(c2ccc(F)cc2)CCCCC1)C1CCN(S(=O)(=O)c2cccnc2Cl)CC1. The Morgan fingerprint density at radius 3 is 2.42 bits per heavy atom. The first kappa shape index (κ1) is 24.1. The standard InChI is InChI=1S/C24H29ClFN3O3S/c25-22-21(5-4-14-27-22)33(31,32)29-15-10-18(11-16-29)23(30)28-17-24(12-2-1-3-13-24)19-6-8-20(26)9-7-19/h4-9,14,18H,1-3,10-13,15-17H2,(H,28,30). The molecule has 0 spiro atoms. The zero-order valence-corrected chi connectivity index (χ0v) is 20.0. The number of sulfonamides is 1. The summed E-state index contributed by atoms with van der Waals surface area (Å²) in [6.45, 7) is 1.03. The molecule has 0 atom stereocenters. The van der Waals surface area contributed by atoms with E-state index in [1.807, 2.05) is 12.1 Å². The molecule has 0 radical (unpaired) electrons. The van der Waals surface area contributed by atoms with Crippen LogP contribution < -0.4 is 5.32 Å². The van der Waals surface area contributed by atoms with Crippen LogP contribution in [-0.4, -0.2) is 43.2 Å². The highest BCUT2D eigenvalue weighted by Gasteiger charge is 2.37. The Balaban J connectivity index is 1.38. The number of piperidine rings is 1. The lowest BCUT2D eigenvalue weighted by Crippen LogP contribution is -2.47. The highest BCUT2D eigenvalue weighted by molar-refractivity contribution is 7.89. The van der Waals surface area contributed by atoms with Gasteiger partial charge >= 0.3 is 0 Å². The van der Waals surface area contributed by atoms with Gasteiger partial charge in [-0.1, -0.05) is 43.0 Å². The number of nitrogens with zero attached hydrogens (tertiary/aromatic N) is 2. The van der Waals surface area contributed by atoms with Gasteiger partial charge in [0.2, 0.25) is 15.9 Å². The van der Waals surface area contributed by atoms with Crippen molar-refractivity contribution in [3.05, 3.63) is 59.1 Å². The molecule has 1 saturated carbocycles. The molecule has 1 aromatic carbocycles. The van der Waals surface area contributed by atoms with Gasteiger partial charge in [-0.15, -0.1) is 0 Å². The maximum Gasteiger partial charge on any atom is 0.246 e. The van der Waals surface area contributed by atoms with Crippen molar-refractivity contribution in [2.75, 3.05) is 19.6 Å². The van der Waals surface area contributed by atoms with Crippen molar-refractivity contribution in [3.63, 3.8) is 0 Å². The van der Waals surface area contributed by atoms with E-state index in [1.54, 1.807) is 6.07 Å². The van der Waals surface area contributed by atoms with Crippen LogP contribution in [-0.2, 0) is 20.2 Å². The molecule has 1 aromatic heterocycles. The number of rotatable bonds is 6. The first-order valence-corrected chi connectivity index (χ1v) is 13.3. The van der Waals surface area contributed by atoms with Gasteiger partial charge in [0.05, 0.1) is 0 Å². The number of halogens is 2. The van der Waals surface area contributed by atoms with Crippen LogP contribution in [0, 0.1) is 11.7 Å². The lowest BCUT2D eigenvalue weighted by molar-refractivity contribution is -0.126. The molecule has 6 nitrogen and oxygen atoms in total. The predicted molar refractivity (Wildman–Crippen MR) is 125 cm³/mol. The van der Waals surface area contributed by atoms with Gasteiger partial charge in [0, 0.05) is 37.2 Å². The van der Waals surface area contributed by atoms with E-state index in [1.165, 1.54) is 35.1 Å². The van der Waals surface area contributed by atoms with E-state index in [0.29, 0.717) is 19.4 Å². The van der Waals surface area contributed by atoms with Crippen LogP contribution in [0.15, 0.2) is 47.5 Å². The van der Waals surface area contributed by atoms with Crippen LogP contribution in [0.25, 0.3) is 0 Å². The van der Waals surface area contributed by atoms with Gasteiger partial charge in [-0.2, -0.15) is 4.31 Å². The summed E-state index contributed by atoms with van der Waals surface area (Å²) in [6.07, 6.45) is 7.61. The Hall–Kier alpha value is -2.03. The summed E-state index contributed by atoms with van der Waals surface area (Å²) in [4.78, 5) is 16.8. The number of amides is 1. The molecule has 2 fully saturated rings. The van der Waals surface area contributed by atoms with Gasteiger partial charge in [0.1, 0.15) is 15.9 Å². The first-order chi connectivity index (χ1) is 15.8. The van der Waals surface area contributed by atoms with Gasteiger partial charge in [0.15, 0.2) is 0 Å². The molecule has 1 aliphatic carbocycles. The molecule has 9 heteroatoms. The van der Waals surface area contributed by atoms with Crippen LogP contribution in [0.3, 0.4) is 0 Å². The van der Waals surface area contributed by atoms with Crippen LogP contribution in [0.2, 0.25) is 5.15 Å². The largest absolute Gasteiger partial charge is 0.355 e. The molecule has 33 heavy (non-hydrogen) atoms. The molecule has 2 heterocycles. The maximum atomic E-state index is 13.5. The number of hydrogen-bond acceptors (Lipinski definition) is 4. The number of pyridine rings is 1. The van der Waals surface area contributed by atoms with E-state index < -0.39 is 10.0 Å². The van der Waals surface area contributed by atoms with E-state index in [2.05, 4.69) is 10.3 Å². The second-order valence-electron chi connectivity index (χ2n) is 9.04. The number of aromatic nitrogens is 1. The zero-order valence-electron chi connectivity index (χ0n) is 18.5. The van der Waals surface area contributed by atoms with Gasteiger partial charge in [-0.05, 0) is 55.5 Å². The second-order valence-corrected chi connectivity index (χ2v) is 11.3. The highest BCUT2D eigenvalue weighted by Crippen LogP contribution is 2.39. The summed E-state index contributed by atoms with van der Waals surface area (Å²) in [6, 6.07) is 9.62. The quantitative estimate of drug-likeness (QED) is 0.609. The number of nitrogens with one attached hydrogen (secondary N) is 1. The third-order valence-corrected chi connectivity index (χ3v) is 9.38. The van der Waals surface area contributed by atoms with Crippen molar-refractivity contribution >= 4 is 27.5 Å². The Kier molecular flexibility index (Phi) is 7.36. The monoisotopic (exact) mass is 493 g/mol. The summed E-state index contributed by atoms with van der Waals surface area (Å²) >= 11 is 5.99. The molecule has 2 aliphatic rings. The van der Waals surface area contributed by atoms with Crippen molar-refractivity contribution in [1.82, 2.24) is 14.6 Å². The molecule has 1 amide bonds. The summed E-state index contributed by atoms with van der Waals surface area (Å²) in [5, 5.41) is 3.09. The topological polar surface area (TPSA) is 79.4 Å². The molecule has 1 aliphatic heterocycles. The van der Waals surface area contributed by atoms with Gasteiger partial charge in [-0.3, -0.25) is 4.79 Å². The van der Waals surface area contributed by atoms with E-state index in [9.17, 15) is 17.6 Å². The smallest absolute Gasteiger partial charge is 0.246 e. The summed E-state index contributed by atoms with van der Waals surface area (Å²) < 4.78 is 40.7. The third-order valence-electron chi connectivity index (χ3n) is 7.04.